The number of aliphatic hydroxyl groups is 6. The van der Waals surface area contributed by atoms with Crippen LogP contribution in [0.4, 0.5) is 0 Å². The smallest absolute Gasteiger partial charge is 0.159 e. The molecule has 0 aromatic carbocycles. The summed E-state index contributed by atoms with van der Waals surface area (Å²) >= 11 is 0. The van der Waals surface area contributed by atoms with Crippen LogP contribution in [0.1, 0.15) is 79.6 Å². The molecule has 0 heterocycles. The Morgan fingerprint density at radius 3 is 2.38 bits per heavy atom. The van der Waals surface area contributed by atoms with E-state index in [1.165, 1.54) is 6.08 Å². The van der Waals surface area contributed by atoms with Crippen molar-refractivity contribution in [1.82, 2.24) is 0 Å². The Morgan fingerprint density at radius 1 is 1.12 bits per heavy atom. The number of hydrogen-bond donors (Lipinski definition) is 6. The van der Waals surface area contributed by atoms with Gasteiger partial charge in [0.25, 0.3) is 0 Å². The van der Waals surface area contributed by atoms with Crippen molar-refractivity contribution in [1.29, 1.82) is 0 Å². The van der Waals surface area contributed by atoms with Crippen molar-refractivity contribution in [3.8, 4) is 0 Å². The van der Waals surface area contributed by atoms with Crippen molar-refractivity contribution in [2.75, 3.05) is 0 Å². The summed E-state index contributed by atoms with van der Waals surface area (Å²) in [6, 6.07) is 0. The summed E-state index contributed by atoms with van der Waals surface area (Å²) in [6.07, 6.45) is 0.869. The Bertz CT molecular complexity index is 848. The number of allylic oxidation sites excluding steroid dienone is 1. The van der Waals surface area contributed by atoms with E-state index in [1.807, 2.05) is 20.8 Å². The van der Waals surface area contributed by atoms with Crippen molar-refractivity contribution in [3.63, 3.8) is 0 Å². The van der Waals surface area contributed by atoms with Gasteiger partial charge in [-0.2, -0.15) is 0 Å². The summed E-state index contributed by atoms with van der Waals surface area (Å²) in [6.45, 7) is 9.31. The van der Waals surface area contributed by atoms with Gasteiger partial charge in [0.2, 0.25) is 0 Å². The second-order valence-corrected chi connectivity index (χ2v) is 13.1. The fourth-order valence-corrected chi connectivity index (χ4v) is 8.40. The van der Waals surface area contributed by atoms with Crippen molar-refractivity contribution in [3.05, 3.63) is 11.6 Å². The van der Waals surface area contributed by atoms with Crippen LogP contribution in [-0.4, -0.2) is 72.0 Å². The van der Waals surface area contributed by atoms with Crippen LogP contribution in [0, 0.1) is 34.5 Å². The van der Waals surface area contributed by atoms with Gasteiger partial charge in [-0.25, -0.2) is 0 Å². The summed E-state index contributed by atoms with van der Waals surface area (Å²) < 4.78 is 0. The molecule has 4 rings (SSSR count). The van der Waals surface area contributed by atoms with E-state index in [0.29, 0.717) is 37.7 Å². The molecule has 0 aromatic rings. The highest BCUT2D eigenvalue weighted by Gasteiger charge is 2.69. The number of hydrogen-bond acceptors (Lipinski definition) is 7. The Kier molecular flexibility index (Phi) is 6.45. The summed E-state index contributed by atoms with van der Waals surface area (Å²) in [5.41, 5.74) is -3.04. The van der Waals surface area contributed by atoms with Crippen molar-refractivity contribution in [2.24, 2.45) is 34.5 Å². The van der Waals surface area contributed by atoms with E-state index in [1.54, 1.807) is 13.8 Å². The van der Waals surface area contributed by atoms with Gasteiger partial charge in [0.05, 0.1) is 35.6 Å². The number of aliphatic hydroxyl groups excluding tert-OH is 4. The average Bonchev–Trinajstić information content (AvgIpc) is 2.98. The molecule has 0 aromatic heterocycles. The first kappa shape index (κ1) is 26.2. The lowest BCUT2D eigenvalue weighted by Gasteiger charge is -2.61. The Balaban J connectivity index is 1.67. The maximum absolute atomic E-state index is 13.3. The third kappa shape index (κ3) is 3.82. The van der Waals surface area contributed by atoms with Gasteiger partial charge in [0, 0.05) is 17.3 Å². The predicted octanol–water partition coefficient (Wildman–Crippen LogP) is 1.71. The lowest BCUT2D eigenvalue weighted by atomic mass is 9.45. The molecule has 4 aliphatic carbocycles. The zero-order valence-corrected chi connectivity index (χ0v) is 21.2. The SMILES string of the molecule is C[C@H](C(O)CCC(C)(C)O)[C@H]1CC[C@@]2(O)C3=CC(=O)[C@@H]4C[C@@H](O)[C@@H](O)C[C@]4(C)[C@H]3[C@H](O)C[C@]12C. The summed E-state index contributed by atoms with van der Waals surface area (Å²) in [5.74, 6) is -1.33. The first-order valence-corrected chi connectivity index (χ1v) is 13.0. The van der Waals surface area contributed by atoms with E-state index in [4.69, 9.17) is 0 Å². The van der Waals surface area contributed by atoms with Crippen LogP contribution in [0.25, 0.3) is 0 Å². The van der Waals surface area contributed by atoms with E-state index >= 15 is 0 Å². The molecule has 4 aliphatic rings. The molecule has 3 fully saturated rings. The molecule has 0 saturated heterocycles. The molecular weight excluding hydrogens is 436 g/mol. The van der Waals surface area contributed by atoms with E-state index in [2.05, 4.69) is 0 Å². The van der Waals surface area contributed by atoms with Crippen LogP contribution in [0.3, 0.4) is 0 Å². The van der Waals surface area contributed by atoms with E-state index < -0.39 is 58.3 Å². The van der Waals surface area contributed by atoms with Gasteiger partial charge in [0.1, 0.15) is 0 Å². The van der Waals surface area contributed by atoms with Gasteiger partial charge in [-0.3, -0.25) is 4.79 Å². The van der Waals surface area contributed by atoms with Crippen LogP contribution < -0.4 is 0 Å². The molecule has 0 spiro atoms. The van der Waals surface area contributed by atoms with Gasteiger partial charge >= 0.3 is 0 Å². The van der Waals surface area contributed by atoms with Gasteiger partial charge < -0.3 is 30.6 Å². The lowest BCUT2D eigenvalue weighted by molar-refractivity contribution is -0.176. The topological polar surface area (TPSA) is 138 Å². The molecular formula is C27H44O7. The second-order valence-electron chi connectivity index (χ2n) is 13.1. The molecule has 0 radical (unpaired) electrons. The molecule has 11 atom stereocenters. The number of carbonyl (C=O) groups excluding carboxylic acids is 1. The predicted molar refractivity (Wildman–Crippen MR) is 127 cm³/mol. The van der Waals surface area contributed by atoms with Crippen LogP contribution in [-0.2, 0) is 4.79 Å². The van der Waals surface area contributed by atoms with E-state index in [0.717, 1.165) is 0 Å². The van der Waals surface area contributed by atoms with Crippen LogP contribution in [0.2, 0.25) is 0 Å². The highest BCUT2D eigenvalue weighted by molar-refractivity contribution is 5.95. The van der Waals surface area contributed by atoms with Crippen LogP contribution in [0.15, 0.2) is 11.6 Å². The average molecular weight is 481 g/mol. The highest BCUT2D eigenvalue weighted by atomic mass is 16.3. The number of fused-ring (bicyclic) bond motifs is 5. The van der Waals surface area contributed by atoms with Crippen molar-refractivity contribution < 1.29 is 35.4 Å². The van der Waals surface area contributed by atoms with E-state index in [9.17, 15) is 35.4 Å². The van der Waals surface area contributed by atoms with Crippen molar-refractivity contribution >= 4 is 5.78 Å². The van der Waals surface area contributed by atoms with Gasteiger partial charge in [0.15, 0.2) is 5.78 Å². The zero-order valence-electron chi connectivity index (χ0n) is 21.2. The summed E-state index contributed by atoms with van der Waals surface area (Å²) in [7, 11) is 0. The Labute approximate surface area is 202 Å². The minimum Gasteiger partial charge on any atom is -0.393 e. The molecule has 0 aliphatic heterocycles. The molecule has 34 heavy (non-hydrogen) atoms. The summed E-state index contributed by atoms with van der Waals surface area (Å²) in [4.78, 5) is 13.3. The maximum Gasteiger partial charge on any atom is 0.159 e. The van der Waals surface area contributed by atoms with Crippen LogP contribution >= 0.6 is 0 Å². The van der Waals surface area contributed by atoms with Gasteiger partial charge in [-0.1, -0.05) is 20.8 Å². The molecule has 7 nitrogen and oxygen atoms in total. The molecule has 0 bridgehead atoms. The standard InChI is InChI=1S/C27H44O7/c1-14(18(28)7-8-24(2,3)33)15-6-9-27(34)17-11-19(29)16-10-20(30)21(31)12-25(16,4)23(17)22(32)13-26(15,27)5/h11,14-16,18,20-23,28,30-34H,6-10,12-13H2,1-5H3/t14-,15+,16-,18?,20+,21-,22+,23+,25-,26+,27+/m0/s1. The number of rotatable bonds is 5. The molecule has 0 amide bonds. The summed E-state index contributed by atoms with van der Waals surface area (Å²) in [5, 5.41) is 65.4. The maximum atomic E-state index is 13.3. The minimum atomic E-state index is -1.28. The monoisotopic (exact) mass is 480 g/mol. The molecule has 6 N–H and O–H groups in total. The van der Waals surface area contributed by atoms with E-state index in [-0.39, 0.29) is 30.5 Å². The van der Waals surface area contributed by atoms with Gasteiger partial charge in [-0.05, 0) is 87.7 Å². The Hall–Kier alpha value is -0.830. The first-order valence-electron chi connectivity index (χ1n) is 13.0. The number of carbonyl (C=O) groups is 1. The molecule has 194 valence electrons. The fourth-order valence-electron chi connectivity index (χ4n) is 8.40. The Morgan fingerprint density at radius 2 is 1.76 bits per heavy atom. The van der Waals surface area contributed by atoms with Gasteiger partial charge in [-0.15, -0.1) is 0 Å². The first-order chi connectivity index (χ1) is 15.5. The highest BCUT2D eigenvalue weighted by Crippen LogP contribution is 2.68. The fraction of sp³-hybridized carbons (Fsp3) is 0.889. The van der Waals surface area contributed by atoms with Crippen LogP contribution in [0.5, 0.6) is 0 Å². The molecule has 3 saturated carbocycles. The van der Waals surface area contributed by atoms with Crippen molar-refractivity contribution in [2.45, 2.75) is 115 Å². The molecule has 1 unspecified atom stereocenters. The normalized spacial score (nSPS) is 48.4. The quantitative estimate of drug-likeness (QED) is 0.352. The lowest BCUT2D eigenvalue weighted by Crippen LogP contribution is -2.64. The third-order valence-corrected chi connectivity index (χ3v) is 10.4. The third-order valence-electron chi connectivity index (χ3n) is 10.4. The molecule has 7 heteroatoms. The zero-order chi connectivity index (χ0) is 25.4. The number of ketones is 1. The second kappa shape index (κ2) is 8.35. The largest absolute Gasteiger partial charge is 0.393 e. The minimum absolute atomic E-state index is 0.0646.